The minimum Gasteiger partial charge on any atom is -0.397 e. The van der Waals surface area contributed by atoms with Gasteiger partial charge >= 0.3 is 0 Å². The Balaban J connectivity index is 2.03. The number of nitrogens with two attached hydrogens (primary N) is 1. The van der Waals surface area contributed by atoms with Crippen LogP contribution in [0.2, 0.25) is 0 Å². The van der Waals surface area contributed by atoms with Crippen molar-refractivity contribution in [3.8, 4) is 0 Å². The van der Waals surface area contributed by atoms with Gasteiger partial charge in [0.2, 0.25) is 5.91 Å². The number of hydrogen-bond donors (Lipinski definition) is 2. The zero-order valence-electron chi connectivity index (χ0n) is 8.94. The lowest BCUT2D eigenvalue weighted by Gasteiger charge is -2.07. The molecular weight excluding hydrogens is 300 g/mol. The van der Waals surface area contributed by atoms with Gasteiger partial charge in [0.05, 0.1) is 17.8 Å². The topological polar surface area (TPSA) is 55.1 Å². The molecule has 3 N–H and O–H groups in total. The Bertz CT molecular complexity index is 525. The summed E-state index contributed by atoms with van der Waals surface area (Å²) in [7, 11) is 0. The van der Waals surface area contributed by atoms with Crippen LogP contribution in [0.1, 0.15) is 5.56 Å². The molecule has 0 saturated heterocycles. The summed E-state index contributed by atoms with van der Waals surface area (Å²) in [6.07, 6.45) is 0.374. The Morgan fingerprint density at radius 2 is 2.24 bits per heavy atom. The molecule has 5 heteroatoms. The van der Waals surface area contributed by atoms with E-state index in [0.717, 1.165) is 10.0 Å². The average Bonchev–Trinajstić information content (AvgIpc) is 2.75. The van der Waals surface area contributed by atoms with Crippen molar-refractivity contribution in [2.75, 3.05) is 11.1 Å². The van der Waals surface area contributed by atoms with Crippen molar-refractivity contribution in [1.82, 2.24) is 0 Å². The predicted octanol–water partition coefficient (Wildman–Crippen LogP) is 3.27. The number of benzene rings is 1. The van der Waals surface area contributed by atoms with Gasteiger partial charge in [-0.05, 0) is 40.6 Å². The molecule has 2 rings (SSSR count). The molecule has 0 atom stereocenters. The van der Waals surface area contributed by atoms with Gasteiger partial charge in [-0.1, -0.05) is 15.9 Å². The largest absolute Gasteiger partial charge is 0.397 e. The van der Waals surface area contributed by atoms with Crippen molar-refractivity contribution >= 4 is 44.5 Å². The number of carbonyl (C=O) groups excluding carboxylic acids is 1. The van der Waals surface area contributed by atoms with Gasteiger partial charge in [-0.3, -0.25) is 4.79 Å². The fourth-order valence-electron chi connectivity index (χ4n) is 1.42. The van der Waals surface area contributed by atoms with Crippen molar-refractivity contribution in [1.29, 1.82) is 0 Å². The van der Waals surface area contributed by atoms with E-state index in [1.165, 1.54) is 0 Å². The number of amides is 1. The van der Waals surface area contributed by atoms with Gasteiger partial charge in [-0.2, -0.15) is 11.3 Å². The second-order valence-electron chi connectivity index (χ2n) is 3.59. The first-order valence-electron chi connectivity index (χ1n) is 5.01. The van der Waals surface area contributed by atoms with Crippen LogP contribution < -0.4 is 11.1 Å². The molecule has 2 aromatic rings. The van der Waals surface area contributed by atoms with Crippen LogP contribution in [0.3, 0.4) is 0 Å². The van der Waals surface area contributed by atoms with Crippen LogP contribution in [-0.4, -0.2) is 5.91 Å². The molecule has 1 aromatic heterocycles. The summed E-state index contributed by atoms with van der Waals surface area (Å²) in [5, 5.41) is 6.71. The summed E-state index contributed by atoms with van der Waals surface area (Å²) >= 11 is 4.90. The van der Waals surface area contributed by atoms with E-state index < -0.39 is 0 Å². The summed E-state index contributed by atoms with van der Waals surface area (Å²) in [4.78, 5) is 11.7. The number of hydrogen-bond acceptors (Lipinski definition) is 3. The molecule has 0 aliphatic carbocycles. The van der Waals surface area contributed by atoms with Gasteiger partial charge in [0, 0.05) is 4.47 Å². The number of rotatable bonds is 3. The second kappa shape index (κ2) is 5.33. The van der Waals surface area contributed by atoms with E-state index in [-0.39, 0.29) is 5.91 Å². The van der Waals surface area contributed by atoms with Crippen LogP contribution in [0.15, 0.2) is 39.5 Å². The molecule has 0 saturated carbocycles. The van der Waals surface area contributed by atoms with E-state index in [0.29, 0.717) is 17.8 Å². The summed E-state index contributed by atoms with van der Waals surface area (Å²) in [5.41, 5.74) is 8.02. The fourth-order valence-corrected chi connectivity index (χ4v) is 2.47. The molecule has 0 fully saturated rings. The molecule has 17 heavy (non-hydrogen) atoms. The van der Waals surface area contributed by atoms with E-state index in [1.807, 2.05) is 22.9 Å². The Hall–Kier alpha value is -1.33. The molecule has 0 aliphatic heterocycles. The fraction of sp³-hybridized carbons (Fsp3) is 0.0833. The maximum Gasteiger partial charge on any atom is 0.228 e. The first kappa shape index (κ1) is 12.1. The summed E-state index contributed by atoms with van der Waals surface area (Å²) in [6, 6.07) is 7.33. The van der Waals surface area contributed by atoms with Gasteiger partial charge in [0.25, 0.3) is 0 Å². The lowest BCUT2D eigenvalue weighted by molar-refractivity contribution is -0.115. The number of nitrogen functional groups attached to an aromatic ring is 1. The van der Waals surface area contributed by atoms with Gasteiger partial charge in [-0.15, -0.1) is 0 Å². The zero-order valence-corrected chi connectivity index (χ0v) is 11.3. The number of nitrogens with one attached hydrogen (secondary N) is 1. The standard InChI is InChI=1S/C12H11BrN2OS/c13-9-1-2-11(10(14)6-9)15-12(16)5-8-3-4-17-7-8/h1-4,6-7H,5,14H2,(H,15,16). The molecule has 0 spiro atoms. The van der Waals surface area contributed by atoms with Crippen molar-refractivity contribution in [2.24, 2.45) is 0 Å². The lowest BCUT2D eigenvalue weighted by atomic mass is 10.2. The SMILES string of the molecule is Nc1cc(Br)ccc1NC(=O)Cc1ccsc1. The molecule has 0 aliphatic rings. The zero-order chi connectivity index (χ0) is 12.3. The maximum absolute atomic E-state index is 11.7. The third-order valence-corrected chi connectivity index (χ3v) is 3.46. The van der Waals surface area contributed by atoms with Gasteiger partial charge in [0.15, 0.2) is 0 Å². The highest BCUT2D eigenvalue weighted by Crippen LogP contribution is 2.23. The van der Waals surface area contributed by atoms with E-state index in [9.17, 15) is 4.79 Å². The molecule has 1 heterocycles. The third kappa shape index (κ3) is 3.31. The third-order valence-electron chi connectivity index (χ3n) is 2.23. The van der Waals surface area contributed by atoms with Crippen molar-refractivity contribution < 1.29 is 4.79 Å². The molecule has 0 unspecified atom stereocenters. The van der Waals surface area contributed by atoms with Crippen molar-refractivity contribution in [3.63, 3.8) is 0 Å². The Morgan fingerprint density at radius 3 is 2.88 bits per heavy atom. The smallest absolute Gasteiger partial charge is 0.228 e. The summed E-state index contributed by atoms with van der Waals surface area (Å²) in [6.45, 7) is 0. The molecule has 0 radical (unpaired) electrons. The van der Waals surface area contributed by atoms with Crippen LogP contribution in [0.5, 0.6) is 0 Å². The van der Waals surface area contributed by atoms with Crippen LogP contribution in [0, 0.1) is 0 Å². The highest BCUT2D eigenvalue weighted by Gasteiger charge is 2.06. The lowest BCUT2D eigenvalue weighted by Crippen LogP contribution is -2.15. The second-order valence-corrected chi connectivity index (χ2v) is 5.28. The molecule has 1 aromatic carbocycles. The Morgan fingerprint density at radius 1 is 1.41 bits per heavy atom. The van der Waals surface area contributed by atoms with Crippen molar-refractivity contribution in [2.45, 2.75) is 6.42 Å². The van der Waals surface area contributed by atoms with Crippen LogP contribution in [0.25, 0.3) is 0 Å². The van der Waals surface area contributed by atoms with E-state index in [4.69, 9.17) is 5.73 Å². The molecule has 3 nitrogen and oxygen atoms in total. The normalized spacial score (nSPS) is 10.2. The number of thiophene rings is 1. The first-order valence-corrected chi connectivity index (χ1v) is 6.74. The van der Waals surface area contributed by atoms with Gasteiger partial charge in [-0.25, -0.2) is 0 Å². The quantitative estimate of drug-likeness (QED) is 0.855. The van der Waals surface area contributed by atoms with Gasteiger partial charge < -0.3 is 11.1 Å². The number of carbonyl (C=O) groups is 1. The Labute approximate surface area is 112 Å². The van der Waals surface area contributed by atoms with Crippen LogP contribution >= 0.6 is 27.3 Å². The summed E-state index contributed by atoms with van der Waals surface area (Å²) < 4.78 is 0.894. The predicted molar refractivity (Wildman–Crippen MR) is 75.2 cm³/mol. The first-order chi connectivity index (χ1) is 8.15. The monoisotopic (exact) mass is 310 g/mol. The highest BCUT2D eigenvalue weighted by atomic mass is 79.9. The van der Waals surface area contributed by atoms with Gasteiger partial charge in [0.1, 0.15) is 0 Å². The molecule has 0 bridgehead atoms. The van der Waals surface area contributed by atoms with E-state index >= 15 is 0 Å². The molecule has 1 amide bonds. The highest BCUT2D eigenvalue weighted by molar-refractivity contribution is 9.10. The molecule has 88 valence electrons. The Kier molecular flexibility index (Phi) is 3.81. The van der Waals surface area contributed by atoms with Crippen LogP contribution in [0.4, 0.5) is 11.4 Å². The minimum absolute atomic E-state index is 0.0579. The number of halogens is 1. The number of anilines is 2. The van der Waals surface area contributed by atoms with E-state index in [2.05, 4.69) is 21.2 Å². The van der Waals surface area contributed by atoms with E-state index in [1.54, 1.807) is 23.5 Å². The average molecular weight is 311 g/mol. The molecular formula is C12H11BrN2OS. The van der Waals surface area contributed by atoms with Crippen molar-refractivity contribution in [3.05, 3.63) is 45.1 Å². The van der Waals surface area contributed by atoms with Crippen LogP contribution in [-0.2, 0) is 11.2 Å². The maximum atomic E-state index is 11.7. The minimum atomic E-state index is -0.0579. The summed E-state index contributed by atoms with van der Waals surface area (Å²) in [5.74, 6) is -0.0579.